The van der Waals surface area contributed by atoms with Crippen LogP contribution in [0.15, 0.2) is 36.5 Å². The Labute approximate surface area is 83.0 Å². The van der Waals surface area contributed by atoms with Crippen LogP contribution >= 0.6 is 0 Å². The average molecular weight is 246 g/mol. The fourth-order valence-electron chi connectivity index (χ4n) is 1.09. The van der Waals surface area contributed by atoms with Crippen molar-refractivity contribution >= 4 is 10.9 Å². The van der Waals surface area contributed by atoms with Gasteiger partial charge in [0.1, 0.15) is 11.3 Å². The summed E-state index contributed by atoms with van der Waals surface area (Å²) < 4.78 is 0. The predicted octanol–water partition coefficient (Wildman–Crippen LogP) is 1.94. The Balaban J connectivity index is 0.000000720. The van der Waals surface area contributed by atoms with Gasteiger partial charge in [-0.05, 0) is 12.1 Å². The Hall–Kier alpha value is -0.947. The van der Waals surface area contributed by atoms with Gasteiger partial charge in [-0.15, -0.1) is 0 Å². The summed E-state index contributed by atoms with van der Waals surface area (Å²) in [4.78, 5) is 4.03. The van der Waals surface area contributed by atoms with E-state index >= 15 is 0 Å². The molecule has 0 saturated carbocycles. The monoisotopic (exact) mass is 247 g/mol. The van der Waals surface area contributed by atoms with Crippen LogP contribution in [0.4, 0.5) is 0 Å². The first-order valence-electron chi connectivity index (χ1n) is 3.40. The maximum absolute atomic E-state index is 9.31. The molecule has 0 bridgehead atoms. The topological polar surface area (TPSA) is 33.1 Å². The molecule has 62 valence electrons. The SMILES string of the molecule is Oc1cccc2cccnc12.[Ru]. The fourth-order valence-corrected chi connectivity index (χ4v) is 1.09. The summed E-state index contributed by atoms with van der Waals surface area (Å²) in [5.41, 5.74) is 0.662. The van der Waals surface area contributed by atoms with E-state index < -0.39 is 0 Å². The molecule has 0 amide bonds. The molecule has 0 aliphatic heterocycles. The van der Waals surface area contributed by atoms with Gasteiger partial charge < -0.3 is 5.11 Å². The smallest absolute Gasteiger partial charge is 0.141 e. The number of fused-ring (bicyclic) bond motifs is 1. The molecule has 2 rings (SSSR count). The number of pyridine rings is 1. The molecule has 1 aromatic heterocycles. The molecular formula is C9H7NORu. The van der Waals surface area contributed by atoms with Crippen LogP contribution in [0.2, 0.25) is 0 Å². The molecule has 0 saturated heterocycles. The first kappa shape index (κ1) is 9.14. The van der Waals surface area contributed by atoms with Gasteiger partial charge in [-0.3, -0.25) is 4.98 Å². The van der Waals surface area contributed by atoms with Gasteiger partial charge in [-0.2, -0.15) is 0 Å². The molecule has 0 aliphatic rings. The Morgan fingerprint density at radius 1 is 1.08 bits per heavy atom. The Morgan fingerprint density at radius 3 is 2.58 bits per heavy atom. The zero-order valence-electron chi connectivity index (χ0n) is 6.21. The van der Waals surface area contributed by atoms with Crippen LogP contribution in [-0.2, 0) is 19.5 Å². The number of para-hydroxylation sites is 1. The van der Waals surface area contributed by atoms with Gasteiger partial charge in [-0.1, -0.05) is 18.2 Å². The second-order valence-corrected chi connectivity index (χ2v) is 2.35. The summed E-state index contributed by atoms with van der Waals surface area (Å²) in [6.07, 6.45) is 1.67. The maximum atomic E-state index is 9.31. The van der Waals surface area contributed by atoms with Gasteiger partial charge in [-0.25, -0.2) is 0 Å². The summed E-state index contributed by atoms with van der Waals surface area (Å²) in [6.45, 7) is 0. The van der Waals surface area contributed by atoms with E-state index in [0.717, 1.165) is 5.39 Å². The molecule has 2 nitrogen and oxygen atoms in total. The molecule has 0 spiro atoms. The number of nitrogens with zero attached hydrogens (tertiary/aromatic N) is 1. The first-order valence-corrected chi connectivity index (χ1v) is 3.40. The van der Waals surface area contributed by atoms with Crippen molar-refractivity contribution in [1.82, 2.24) is 4.98 Å². The zero-order valence-corrected chi connectivity index (χ0v) is 7.95. The van der Waals surface area contributed by atoms with Crippen molar-refractivity contribution in [3.05, 3.63) is 36.5 Å². The molecule has 0 unspecified atom stereocenters. The number of phenolic OH excluding ortho intramolecular Hbond substituents is 1. The normalized spacial score (nSPS) is 9.33. The molecule has 1 aromatic carbocycles. The van der Waals surface area contributed by atoms with Gasteiger partial charge in [0.25, 0.3) is 0 Å². The van der Waals surface area contributed by atoms with Crippen LogP contribution in [0.25, 0.3) is 10.9 Å². The Bertz CT molecular complexity index is 384. The standard InChI is InChI=1S/C9H7NO.Ru/c11-8-5-1-3-7-4-2-6-10-9(7)8;/h1-6,11H;. The fraction of sp³-hybridized carbons (Fsp3) is 0. The third kappa shape index (κ3) is 1.46. The van der Waals surface area contributed by atoms with Crippen molar-refractivity contribution in [3.8, 4) is 5.75 Å². The van der Waals surface area contributed by atoms with Crippen molar-refractivity contribution in [3.63, 3.8) is 0 Å². The molecule has 0 fully saturated rings. The van der Waals surface area contributed by atoms with E-state index in [-0.39, 0.29) is 25.2 Å². The number of hydrogen-bond donors (Lipinski definition) is 1. The van der Waals surface area contributed by atoms with Gasteiger partial charge in [0.2, 0.25) is 0 Å². The van der Waals surface area contributed by atoms with Crippen LogP contribution in [0.3, 0.4) is 0 Å². The number of aromatic nitrogens is 1. The van der Waals surface area contributed by atoms with Crippen molar-refractivity contribution in [2.24, 2.45) is 0 Å². The third-order valence-electron chi connectivity index (χ3n) is 1.61. The number of aromatic hydroxyl groups is 1. The first-order chi connectivity index (χ1) is 5.38. The van der Waals surface area contributed by atoms with E-state index in [1.54, 1.807) is 18.3 Å². The van der Waals surface area contributed by atoms with E-state index in [4.69, 9.17) is 0 Å². The van der Waals surface area contributed by atoms with Crippen LogP contribution < -0.4 is 0 Å². The van der Waals surface area contributed by atoms with E-state index in [0.29, 0.717) is 5.52 Å². The molecular weight excluding hydrogens is 239 g/mol. The maximum Gasteiger partial charge on any atom is 0.141 e. The van der Waals surface area contributed by atoms with Crippen LogP contribution in [0.1, 0.15) is 0 Å². The average Bonchev–Trinajstić information content (AvgIpc) is 2.06. The Morgan fingerprint density at radius 2 is 1.83 bits per heavy atom. The second-order valence-electron chi connectivity index (χ2n) is 2.35. The van der Waals surface area contributed by atoms with Crippen molar-refractivity contribution in [2.45, 2.75) is 0 Å². The van der Waals surface area contributed by atoms with E-state index in [1.165, 1.54) is 0 Å². The molecule has 0 aliphatic carbocycles. The number of hydrogen-bond acceptors (Lipinski definition) is 2. The van der Waals surface area contributed by atoms with Gasteiger partial charge in [0.05, 0.1) is 0 Å². The molecule has 1 N–H and O–H groups in total. The van der Waals surface area contributed by atoms with Crippen molar-refractivity contribution in [1.29, 1.82) is 0 Å². The number of rotatable bonds is 0. The summed E-state index contributed by atoms with van der Waals surface area (Å²) >= 11 is 0. The predicted molar refractivity (Wildman–Crippen MR) is 43.4 cm³/mol. The minimum atomic E-state index is 0. The summed E-state index contributed by atoms with van der Waals surface area (Å²) in [5.74, 6) is 0.239. The van der Waals surface area contributed by atoms with Gasteiger partial charge in [0.15, 0.2) is 0 Å². The summed E-state index contributed by atoms with van der Waals surface area (Å²) in [6, 6.07) is 9.13. The molecule has 1 heterocycles. The van der Waals surface area contributed by atoms with E-state index in [1.807, 2.05) is 18.2 Å². The summed E-state index contributed by atoms with van der Waals surface area (Å²) in [7, 11) is 0. The molecule has 3 heteroatoms. The Kier molecular flexibility index (Phi) is 2.77. The van der Waals surface area contributed by atoms with Gasteiger partial charge in [0, 0.05) is 31.1 Å². The summed E-state index contributed by atoms with van der Waals surface area (Å²) in [5, 5.41) is 10.3. The molecule has 12 heavy (non-hydrogen) atoms. The number of phenols is 1. The quantitative estimate of drug-likeness (QED) is 0.721. The molecule has 2 aromatic rings. The number of benzene rings is 1. The zero-order chi connectivity index (χ0) is 7.68. The van der Waals surface area contributed by atoms with E-state index in [2.05, 4.69) is 4.98 Å². The van der Waals surface area contributed by atoms with Crippen LogP contribution in [0.5, 0.6) is 5.75 Å². The van der Waals surface area contributed by atoms with Crippen molar-refractivity contribution < 1.29 is 24.6 Å². The van der Waals surface area contributed by atoms with Gasteiger partial charge >= 0.3 is 0 Å². The third-order valence-corrected chi connectivity index (χ3v) is 1.61. The second kappa shape index (κ2) is 3.64. The minimum absolute atomic E-state index is 0. The minimum Gasteiger partial charge on any atom is -0.506 e. The van der Waals surface area contributed by atoms with Crippen LogP contribution in [-0.4, -0.2) is 10.1 Å². The van der Waals surface area contributed by atoms with Crippen LogP contribution in [0, 0.1) is 0 Å². The molecule has 0 atom stereocenters. The largest absolute Gasteiger partial charge is 0.506 e. The van der Waals surface area contributed by atoms with E-state index in [9.17, 15) is 5.11 Å². The van der Waals surface area contributed by atoms with Crippen molar-refractivity contribution in [2.75, 3.05) is 0 Å². The molecule has 0 radical (unpaired) electrons.